The molecule has 0 radical (unpaired) electrons. The van der Waals surface area contributed by atoms with Gasteiger partial charge in [0.05, 0.1) is 6.61 Å². The number of nitrogens with zero attached hydrogens (tertiary/aromatic N) is 1. The van der Waals surface area contributed by atoms with Gasteiger partial charge >= 0.3 is 5.97 Å². The van der Waals surface area contributed by atoms with Crippen LogP contribution in [0.25, 0.3) is 0 Å². The molecule has 1 aliphatic heterocycles. The Kier molecular flexibility index (Phi) is 6.17. The van der Waals surface area contributed by atoms with E-state index in [9.17, 15) is 9.59 Å². The number of carbonyl (C=O) groups excluding carboxylic acids is 2. The lowest BCUT2D eigenvalue weighted by Gasteiger charge is -2.14. The Morgan fingerprint density at radius 1 is 1.33 bits per heavy atom. The lowest BCUT2D eigenvalue weighted by atomic mass is 10.1. The van der Waals surface area contributed by atoms with Crippen molar-refractivity contribution in [2.75, 3.05) is 6.61 Å². The molecule has 18 heavy (non-hydrogen) atoms. The van der Waals surface area contributed by atoms with Crippen molar-refractivity contribution in [1.82, 2.24) is 5.43 Å². The van der Waals surface area contributed by atoms with Crippen molar-refractivity contribution < 1.29 is 14.3 Å². The molecule has 0 aliphatic carbocycles. The second-order valence-corrected chi connectivity index (χ2v) is 3.48. The number of ether oxygens (including phenoxy) is 1. The lowest BCUT2D eigenvalue weighted by Crippen LogP contribution is -2.37. The number of carbonyl (C=O) groups is 2. The zero-order valence-electron chi connectivity index (χ0n) is 10.2. The molecule has 0 fully saturated rings. The summed E-state index contributed by atoms with van der Waals surface area (Å²) in [4.78, 5) is 22.0. The van der Waals surface area contributed by atoms with Crippen LogP contribution in [-0.4, -0.2) is 24.7 Å². The van der Waals surface area contributed by atoms with Crippen molar-refractivity contribution in [2.45, 2.75) is 13.3 Å². The third-order valence-corrected chi connectivity index (χ3v) is 2.16. The first-order valence-corrected chi connectivity index (χ1v) is 5.73. The summed E-state index contributed by atoms with van der Waals surface area (Å²) in [7, 11) is 0. The summed E-state index contributed by atoms with van der Waals surface area (Å²) >= 11 is 0. The van der Waals surface area contributed by atoms with E-state index < -0.39 is 17.8 Å². The Hall–Kier alpha value is -2.17. The van der Waals surface area contributed by atoms with E-state index in [2.05, 4.69) is 10.5 Å². The van der Waals surface area contributed by atoms with Crippen LogP contribution >= 0.6 is 0 Å². The van der Waals surface area contributed by atoms with Crippen molar-refractivity contribution in [3.63, 3.8) is 0 Å². The van der Waals surface area contributed by atoms with Crippen LogP contribution in [0.2, 0.25) is 0 Å². The average molecular weight is 248 g/mol. The maximum Gasteiger partial charge on any atom is 0.318 e. The van der Waals surface area contributed by atoms with E-state index in [0.717, 1.165) is 0 Å². The largest absolute Gasteiger partial charge is 0.465 e. The number of rotatable bonds is 2. The average Bonchev–Trinajstić information content (AvgIpc) is 2.42. The van der Waals surface area contributed by atoms with Gasteiger partial charge in [-0.2, -0.15) is 5.10 Å². The Bertz CT molecular complexity index is 377. The third kappa shape index (κ3) is 4.78. The number of hydrogen-bond acceptors (Lipinski definition) is 4. The number of benzene rings is 1. The standard InChI is InChI=1S/C7H10N2O3.C6H6/c1-2-12-7(11)5-3-4-8-9-6(5)10;1-2-4-6-5-3-1/h4-5H,2-3H2,1H3,(H,9,10);1-6H. The fraction of sp³-hybridized carbons (Fsp3) is 0.308. The molecule has 1 aromatic rings. The molecule has 5 heteroatoms. The van der Waals surface area contributed by atoms with E-state index in [1.807, 2.05) is 36.4 Å². The molecule has 0 saturated heterocycles. The number of nitrogens with one attached hydrogen (secondary N) is 1. The first-order valence-electron chi connectivity index (χ1n) is 5.73. The maximum atomic E-state index is 11.1. The molecule has 0 bridgehead atoms. The van der Waals surface area contributed by atoms with Gasteiger partial charge in [-0.25, -0.2) is 5.43 Å². The van der Waals surface area contributed by atoms with Crippen LogP contribution in [0.4, 0.5) is 0 Å². The van der Waals surface area contributed by atoms with Gasteiger partial charge in [-0.1, -0.05) is 36.4 Å². The van der Waals surface area contributed by atoms with Gasteiger partial charge in [-0.05, 0) is 6.92 Å². The normalized spacial score (nSPS) is 17.2. The van der Waals surface area contributed by atoms with Crippen LogP contribution in [0, 0.1) is 5.92 Å². The van der Waals surface area contributed by atoms with Crippen LogP contribution in [0.15, 0.2) is 41.5 Å². The van der Waals surface area contributed by atoms with E-state index in [4.69, 9.17) is 4.74 Å². The minimum atomic E-state index is -0.720. The summed E-state index contributed by atoms with van der Waals surface area (Å²) in [6.45, 7) is 1.99. The van der Waals surface area contributed by atoms with Crippen LogP contribution in [0.3, 0.4) is 0 Å². The molecule has 1 aromatic carbocycles. The zero-order chi connectivity index (χ0) is 13.2. The Balaban J connectivity index is 0.000000225. The van der Waals surface area contributed by atoms with E-state index in [1.54, 1.807) is 6.92 Å². The summed E-state index contributed by atoms with van der Waals surface area (Å²) in [5, 5.41) is 3.52. The van der Waals surface area contributed by atoms with Gasteiger partial charge in [0, 0.05) is 12.6 Å². The molecular weight excluding hydrogens is 232 g/mol. The van der Waals surface area contributed by atoms with Crippen molar-refractivity contribution >= 4 is 18.1 Å². The SMILES string of the molecule is CCOC(=O)C1CC=NNC1=O.c1ccccc1. The number of hydrazone groups is 1. The van der Waals surface area contributed by atoms with Crippen molar-refractivity contribution in [3.05, 3.63) is 36.4 Å². The molecule has 1 N–H and O–H groups in total. The summed E-state index contributed by atoms with van der Waals surface area (Å²) in [5.41, 5.74) is 2.20. The summed E-state index contributed by atoms with van der Waals surface area (Å²) in [5.74, 6) is -1.60. The van der Waals surface area contributed by atoms with Gasteiger partial charge in [-0.15, -0.1) is 0 Å². The minimum absolute atomic E-state index is 0.291. The lowest BCUT2D eigenvalue weighted by molar-refractivity contribution is -0.152. The fourth-order valence-corrected chi connectivity index (χ4v) is 1.28. The van der Waals surface area contributed by atoms with E-state index in [1.165, 1.54) is 6.21 Å². The van der Waals surface area contributed by atoms with Crippen LogP contribution in [-0.2, 0) is 14.3 Å². The molecule has 1 amide bonds. The predicted molar refractivity (Wildman–Crippen MR) is 67.8 cm³/mol. The summed E-state index contributed by atoms with van der Waals surface area (Å²) < 4.78 is 4.69. The first kappa shape index (κ1) is 13.9. The highest BCUT2D eigenvalue weighted by Gasteiger charge is 2.28. The molecule has 1 atom stereocenters. The number of esters is 1. The molecule has 1 unspecified atom stereocenters. The van der Waals surface area contributed by atoms with Gasteiger partial charge in [0.2, 0.25) is 0 Å². The smallest absolute Gasteiger partial charge is 0.318 e. The third-order valence-electron chi connectivity index (χ3n) is 2.16. The number of amides is 1. The second kappa shape index (κ2) is 8.00. The quantitative estimate of drug-likeness (QED) is 0.634. The molecule has 0 aromatic heterocycles. The zero-order valence-corrected chi connectivity index (χ0v) is 10.2. The van der Waals surface area contributed by atoms with E-state index >= 15 is 0 Å². The summed E-state index contributed by atoms with van der Waals surface area (Å²) in [6.07, 6.45) is 1.81. The van der Waals surface area contributed by atoms with Crippen molar-refractivity contribution in [1.29, 1.82) is 0 Å². The number of hydrogen-bond donors (Lipinski definition) is 1. The van der Waals surface area contributed by atoms with Crippen LogP contribution < -0.4 is 5.43 Å². The minimum Gasteiger partial charge on any atom is -0.465 e. The molecule has 2 rings (SSSR count). The topological polar surface area (TPSA) is 67.8 Å². The molecule has 1 heterocycles. The summed E-state index contributed by atoms with van der Waals surface area (Å²) in [6, 6.07) is 12.0. The predicted octanol–water partition coefficient (Wildman–Crippen LogP) is 1.36. The van der Waals surface area contributed by atoms with Crippen LogP contribution in [0.1, 0.15) is 13.3 Å². The molecule has 1 aliphatic rings. The molecule has 0 saturated carbocycles. The fourth-order valence-electron chi connectivity index (χ4n) is 1.28. The molecule has 96 valence electrons. The highest BCUT2D eigenvalue weighted by molar-refractivity contribution is 6.01. The molecule has 5 nitrogen and oxygen atoms in total. The highest BCUT2D eigenvalue weighted by Crippen LogP contribution is 2.07. The van der Waals surface area contributed by atoms with Crippen molar-refractivity contribution in [2.24, 2.45) is 11.0 Å². The van der Waals surface area contributed by atoms with Gasteiger partial charge in [0.15, 0.2) is 0 Å². The maximum absolute atomic E-state index is 11.1. The first-order chi connectivity index (χ1) is 8.75. The monoisotopic (exact) mass is 248 g/mol. The van der Waals surface area contributed by atoms with Crippen molar-refractivity contribution in [3.8, 4) is 0 Å². The van der Waals surface area contributed by atoms with Gasteiger partial charge in [-0.3, -0.25) is 9.59 Å². The Morgan fingerprint density at radius 3 is 2.33 bits per heavy atom. The molecular formula is C13H16N2O3. The van der Waals surface area contributed by atoms with Gasteiger partial charge in [0.25, 0.3) is 5.91 Å². The van der Waals surface area contributed by atoms with Crippen LogP contribution in [0.5, 0.6) is 0 Å². The Labute approximate surface area is 106 Å². The van der Waals surface area contributed by atoms with E-state index in [-0.39, 0.29) is 0 Å². The van der Waals surface area contributed by atoms with Gasteiger partial charge < -0.3 is 4.74 Å². The second-order valence-electron chi connectivity index (χ2n) is 3.48. The van der Waals surface area contributed by atoms with E-state index in [0.29, 0.717) is 13.0 Å². The Morgan fingerprint density at radius 2 is 1.89 bits per heavy atom. The highest BCUT2D eigenvalue weighted by atomic mass is 16.5. The van der Waals surface area contributed by atoms with Gasteiger partial charge in [0.1, 0.15) is 5.92 Å². The molecule has 0 spiro atoms.